The Bertz CT molecular complexity index is 811. The van der Waals surface area contributed by atoms with Gasteiger partial charge in [0, 0.05) is 10.9 Å². The second kappa shape index (κ2) is 6.01. The summed E-state index contributed by atoms with van der Waals surface area (Å²) in [6.45, 7) is 2.13. The fourth-order valence-electron chi connectivity index (χ4n) is 3.82. The highest BCUT2D eigenvalue weighted by molar-refractivity contribution is 6.30. The summed E-state index contributed by atoms with van der Waals surface area (Å²) in [4.78, 5) is 8.41. The van der Waals surface area contributed by atoms with E-state index in [1.54, 1.807) is 0 Å². The van der Waals surface area contributed by atoms with Crippen LogP contribution in [0.15, 0.2) is 42.5 Å². The van der Waals surface area contributed by atoms with Crippen molar-refractivity contribution in [3.05, 3.63) is 64.4 Å². The Morgan fingerprint density at radius 3 is 2.35 bits per heavy atom. The fraction of sp³-hybridized carbons (Fsp3) is 0.350. The Labute approximate surface area is 141 Å². The molecule has 3 heteroatoms. The van der Waals surface area contributed by atoms with E-state index in [2.05, 4.69) is 42.2 Å². The molecule has 0 radical (unpaired) electrons. The van der Waals surface area contributed by atoms with E-state index < -0.39 is 0 Å². The molecule has 2 nitrogen and oxygen atoms in total. The average Bonchev–Trinajstić information content (AvgIpc) is 3.01. The maximum absolute atomic E-state index is 5.99. The van der Waals surface area contributed by atoms with Crippen molar-refractivity contribution in [3.63, 3.8) is 0 Å². The van der Waals surface area contributed by atoms with E-state index >= 15 is 0 Å². The molecule has 1 aromatic heterocycles. The number of benzene rings is 2. The molecule has 1 aliphatic carbocycles. The van der Waals surface area contributed by atoms with E-state index in [0.29, 0.717) is 11.8 Å². The monoisotopic (exact) mass is 324 g/mol. The first-order valence-electron chi connectivity index (χ1n) is 8.41. The minimum atomic E-state index is 0.561. The molecule has 0 saturated heterocycles. The summed E-state index contributed by atoms with van der Waals surface area (Å²) in [5.74, 6) is 2.39. The number of aromatic nitrogens is 2. The van der Waals surface area contributed by atoms with Crippen molar-refractivity contribution >= 4 is 22.6 Å². The van der Waals surface area contributed by atoms with Gasteiger partial charge in [-0.2, -0.15) is 0 Å². The zero-order valence-electron chi connectivity index (χ0n) is 13.3. The summed E-state index contributed by atoms with van der Waals surface area (Å²) in [6, 6.07) is 14.7. The molecule has 0 aliphatic heterocycles. The number of nitrogens with zero attached hydrogens (tertiary/aromatic N) is 1. The van der Waals surface area contributed by atoms with Crippen molar-refractivity contribution in [2.24, 2.45) is 0 Å². The average molecular weight is 325 g/mol. The van der Waals surface area contributed by atoms with Crippen molar-refractivity contribution in [2.75, 3.05) is 0 Å². The molecule has 0 atom stereocenters. The van der Waals surface area contributed by atoms with Gasteiger partial charge in [-0.05, 0) is 67.9 Å². The van der Waals surface area contributed by atoms with Gasteiger partial charge in [0.05, 0.1) is 11.0 Å². The zero-order valence-corrected chi connectivity index (χ0v) is 14.1. The highest BCUT2D eigenvalue weighted by atomic mass is 35.5. The lowest BCUT2D eigenvalue weighted by Crippen LogP contribution is -2.13. The number of hydrogen-bond donors (Lipinski definition) is 1. The zero-order chi connectivity index (χ0) is 15.8. The van der Waals surface area contributed by atoms with Crippen LogP contribution in [-0.2, 0) is 0 Å². The second-order valence-electron chi connectivity index (χ2n) is 6.69. The summed E-state index contributed by atoms with van der Waals surface area (Å²) in [7, 11) is 0. The first-order valence-corrected chi connectivity index (χ1v) is 8.79. The molecule has 118 valence electrons. The van der Waals surface area contributed by atoms with Gasteiger partial charge >= 0.3 is 0 Å². The number of fused-ring (bicyclic) bond motifs is 1. The van der Waals surface area contributed by atoms with Crippen LogP contribution < -0.4 is 0 Å². The quantitative estimate of drug-likeness (QED) is 0.618. The molecule has 1 aliphatic rings. The molecule has 0 bridgehead atoms. The summed E-state index contributed by atoms with van der Waals surface area (Å²) in [5.41, 5.74) is 4.97. The highest BCUT2D eigenvalue weighted by Gasteiger charge is 2.25. The molecular weight excluding hydrogens is 304 g/mol. The van der Waals surface area contributed by atoms with Crippen molar-refractivity contribution in [2.45, 2.75) is 44.4 Å². The lowest BCUT2D eigenvalue weighted by molar-refractivity contribution is 0.387. The maximum atomic E-state index is 5.99. The van der Waals surface area contributed by atoms with Crippen molar-refractivity contribution in [1.29, 1.82) is 0 Å². The van der Waals surface area contributed by atoms with E-state index in [0.717, 1.165) is 10.5 Å². The molecule has 1 N–H and O–H groups in total. The van der Waals surface area contributed by atoms with Crippen molar-refractivity contribution < 1.29 is 0 Å². The molecule has 4 rings (SSSR count). The number of nitrogens with one attached hydrogen (secondary N) is 1. The molecule has 2 aromatic carbocycles. The van der Waals surface area contributed by atoms with Gasteiger partial charge < -0.3 is 4.98 Å². The van der Waals surface area contributed by atoms with Crippen LogP contribution >= 0.6 is 11.6 Å². The van der Waals surface area contributed by atoms with Crippen LogP contribution in [0.4, 0.5) is 0 Å². The Hall–Kier alpha value is -1.80. The van der Waals surface area contributed by atoms with Crippen LogP contribution in [0.3, 0.4) is 0 Å². The Kier molecular flexibility index (Phi) is 3.86. The first-order chi connectivity index (χ1) is 11.2. The number of hydrogen-bond acceptors (Lipinski definition) is 1. The summed E-state index contributed by atoms with van der Waals surface area (Å²) in [5, 5.41) is 0.820. The predicted octanol–water partition coefficient (Wildman–Crippen LogP) is 5.97. The van der Waals surface area contributed by atoms with Gasteiger partial charge in [0.2, 0.25) is 0 Å². The van der Waals surface area contributed by atoms with Gasteiger partial charge in [0.1, 0.15) is 5.82 Å². The standard InChI is InChI=1S/C20H21ClN2/c1-13-3-2-4-18-19(13)23-20(22-18)16-7-5-14(6-8-16)15-9-11-17(21)12-10-15/h2-4,9-12,14,16H,5-8H2,1H3,(H,22,23). The van der Waals surface area contributed by atoms with Gasteiger partial charge in [0.15, 0.2) is 0 Å². The van der Waals surface area contributed by atoms with Crippen LogP contribution in [0.2, 0.25) is 5.02 Å². The molecule has 1 heterocycles. The third-order valence-corrected chi connectivity index (χ3v) is 5.44. The third kappa shape index (κ3) is 2.88. The minimum absolute atomic E-state index is 0.561. The Morgan fingerprint density at radius 2 is 1.65 bits per heavy atom. The highest BCUT2D eigenvalue weighted by Crippen LogP contribution is 2.40. The summed E-state index contributed by atoms with van der Waals surface area (Å²) in [6.07, 6.45) is 4.85. The number of aryl methyl sites for hydroxylation is 1. The maximum Gasteiger partial charge on any atom is 0.110 e. The minimum Gasteiger partial charge on any atom is -0.342 e. The van der Waals surface area contributed by atoms with Gasteiger partial charge in [-0.25, -0.2) is 4.98 Å². The smallest absolute Gasteiger partial charge is 0.110 e. The number of H-pyrrole nitrogens is 1. The number of imidazole rings is 1. The molecule has 1 saturated carbocycles. The number of halogens is 1. The number of rotatable bonds is 2. The number of para-hydroxylation sites is 1. The first kappa shape index (κ1) is 14.8. The van der Waals surface area contributed by atoms with E-state index in [4.69, 9.17) is 16.6 Å². The fourth-order valence-corrected chi connectivity index (χ4v) is 3.95. The van der Waals surface area contributed by atoms with Gasteiger partial charge in [-0.15, -0.1) is 0 Å². The van der Waals surface area contributed by atoms with Crippen molar-refractivity contribution in [3.8, 4) is 0 Å². The Morgan fingerprint density at radius 1 is 0.957 bits per heavy atom. The molecular formula is C20H21ClN2. The van der Waals surface area contributed by atoms with Crippen LogP contribution in [0.5, 0.6) is 0 Å². The number of aromatic amines is 1. The molecule has 0 amide bonds. The van der Waals surface area contributed by atoms with Crippen LogP contribution in [-0.4, -0.2) is 9.97 Å². The van der Waals surface area contributed by atoms with E-state index in [1.807, 2.05) is 12.1 Å². The normalized spacial score (nSPS) is 21.7. The van der Waals surface area contributed by atoms with E-state index in [-0.39, 0.29) is 0 Å². The molecule has 3 aromatic rings. The van der Waals surface area contributed by atoms with Crippen molar-refractivity contribution in [1.82, 2.24) is 9.97 Å². The topological polar surface area (TPSA) is 28.7 Å². The lowest BCUT2D eigenvalue weighted by atomic mass is 9.78. The SMILES string of the molecule is Cc1cccc2[nH]c(C3CCC(c4ccc(Cl)cc4)CC3)nc12. The summed E-state index contributed by atoms with van der Waals surface area (Å²) < 4.78 is 0. The van der Waals surface area contributed by atoms with Crippen LogP contribution in [0.1, 0.15) is 54.5 Å². The summed E-state index contributed by atoms with van der Waals surface area (Å²) >= 11 is 5.99. The third-order valence-electron chi connectivity index (χ3n) is 5.19. The van der Waals surface area contributed by atoms with E-state index in [9.17, 15) is 0 Å². The predicted molar refractivity (Wildman–Crippen MR) is 96.2 cm³/mol. The lowest BCUT2D eigenvalue weighted by Gasteiger charge is -2.27. The molecule has 0 unspecified atom stereocenters. The van der Waals surface area contributed by atoms with Crippen LogP contribution in [0, 0.1) is 6.92 Å². The van der Waals surface area contributed by atoms with E-state index in [1.165, 1.54) is 48.2 Å². The molecule has 0 spiro atoms. The van der Waals surface area contributed by atoms with Gasteiger partial charge in [-0.1, -0.05) is 35.9 Å². The largest absolute Gasteiger partial charge is 0.342 e. The van der Waals surface area contributed by atoms with Crippen LogP contribution in [0.25, 0.3) is 11.0 Å². The molecule has 23 heavy (non-hydrogen) atoms. The van der Waals surface area contributed by atoms with Gasteiger partial charge in [0.25, 0.3) is 0 Å². The second-order valence-corrected chi connectivity index (χ2v) is 7.13. The van der Waals surface area contributed by atoms with Gasteiger partial charge in [-0.3, -0.25) is 0 Å². The molecule has 1 fully saturated rings. The Balaban J connectivity index is 1.50.